The van der Waals surface area contributed by atoms with Gasteiger partial charge in [-0.1, -0.05) is 72.8 Å². The molecule has 5 aromatic rings. The fraction of sp³-hybridized carbons (Fsp3) is 0.167. The summed E-state index contributed by atoms with van der Waals surface area (Å²) < 4.78 is 25.2. The van der Waals surface area contributed by atoms with Crippen LogP contribution in [0.15, 0.2) is 126 Å². The smallest absolute Gasteiger partial charge is 0.338 e. The topological polar surface area (TPSA) is 110 Å². The van der Waals surface area contributed by atoms with E-state index in [4.69, 9.17) is 18.9 Å². The van der Waals surface area contributed by atoms with Crippen molar-refractivity contribution in [1.29, 1.82) is 0 Å². The molecule has 0 radical (unpaired) electrons. The van der Waals surface area contributed by atoms with E-state index in [9.17, 15) is 19.2 Å². The molecule has 1 aliphatic heterocycles. The number of aryl methyl sites for hydroxylation is 1. The molecule has 0 bridgehead atoms. The second-order valence-corrected chi connectivity index (χ2v) is 10.6. The Hall–Kier alpha value is -5.54. The fourth-order valence-electron chi connectivity index (χ4n) is 5.36. The largest absolute Gasteiger partial charge is 0.459 e. The van der Waals surface area contributed by atoms with E-state index in [-0.39, 0.29) is 23.3 Å². The zero-order chi connectivity index (χ0) is 31.3. The fourth-order valence-corrected chi connectivity index (χ4v) is 5.36. The predicted molar refractivity (Wildman–Crippen MR) is 165 cm³/mol. The molecule has 1 aromatic heterocycles. The Morgan fingerprint density at radius 1 is 0.667 bits per heavy atom. The Balaban J connectivity index is 1.40. The summed E-state index contributed by atoms with van der Waals surface area (Å²) >= 11 is 0. The van der Waals surface area contributed by atoms with E-state index in [2.05, 4.69) is 0 Å². The van der Waals surface area contributed by atoms with E-state index in [0.29, 0.717) is 10.9 Å². The molecule has 1 saturated heterocycles. The summed E-state index contributed by atoms with van der Waals surface area (Å²) in [5.41, 5.74) is 1.20. The maximum atomic E-state index is 13.9. The number of esters is 3. The Morgan fingerprint density at radius 3 is 1.78 bits per heavy atom. The van der Waals surface area contributed by atoms with Crippen molar-refractivity contribution in [2.24, 2.45) is 0 Å². The van der Waals surface area contributed by atoms with Crippen molar-refractivity contribution in [2.45, 2.75) is 31.5 Å². The molecule has 6 rings (SSSR count). The van der Waals surface area contributed by atoms with Crippen molar-refractivity contribution in [3.63, 3.8) is 0 Å². The van der Waals surface area contributed by atoms with Crippen LogP contribution in [0.1, 0.15) is 42.9 Å². The highest BCUT2D eigenvalue weighted by Crippen LogP contribution is 2.35. The molecule has 226 valence electrons. The van der Waals surface area contributed by atoms with Crippen LogP contribution in [0.25, 0.3) is 10.8 Å². The number of hydrogen-bond donors (Lipinski definition) is 0. The lowest BCUT2D eigenvalue weighted by molar-refractivity contribution is -0.0632. The number of pyridine rings is 1. The van der Waals surface area contributed by atoms with Gasteiger partial charge in [-0.2, -0.15) is 0 Å². The molecule has 45 heavy (non-hydrogen) atoms. The lowest BCUT2D eigenvalue weighted by atomic mass is 10.1. The monoisotopic (exact) mass is 603 g/mol. The minimum absolute atomic E-state index is 0.255. The van der Waals surface area contributed by atoms with Gasteiger partial charge >= 0.3 is 17.9 Å². The summed E-state index contributed by atoms with van der Waals surface area (Å²) in [6.45, 7) is 1.48. The van der Waals surface area contributed by atoms with Crippen LogP contribution in [0.5, 0.6) is 0 Å². The van der Waals surface area contributed by atoms with Gasteiger partial charge < -0.3 is 18.9 Å². The zero-order valence-corrected chi connectivity index (χ0v) is 24.3. The van der Waals surface area contributed by atoms with E-state index < -0.39 is 42.4 Å². The van der Waals surface area contributed by atoms with Gasteiger partial charge in [0.15, 0.2) is 18.4 Å². The van der Waals surface area contributed by atoms with Crippen LogP contribution in [0, 0.1) is 6.92 Å². The lowest BCUT2D eigenvalue weighted by Crippen LogP contribution is -2.42. The Morgan fingerprint density at radius 2 is 1.20 bits per heavy atom. The zero-order valence-electron chi connectivity index (χ0n) is 24.3. The number of aromatic nitrogens is 1. The van der Waals surface area contributed by atoms with Crippen molar-refractivity contribution in [1.82, 2.24) is 4.57 Å². The molecule has 0 unspecified atom stereocenters. The highest BCUT2D eigenvalue weighted by atomic mass is 16.7. The summed E-state index contributed by atoms with van der Waals surface area (Å²) in [5.74, 6) is -2.03. The molecule has 1 aliphatic rings. The normalized spacial score (nSPS) is 19.1. The molecule has 0 amide bonds. The first-order valence-electron chi connectivity index (χ1n) is 14.4. The van der Waals surface area contributed by atoms with Crippen molar-refractivity contribution >= 4 is 28.7 Å². The summed E-state index contributed by atoms with van der Waals surface area (Å²) in [4.78, 5) is 53.5. The summed E-state index contributed by atoms with van der Waals surface area (Å²) in [6.07, 6.45) is -3.30. The van der Waals surface area contributed by atoms with Crippen molar-refractivity contribution in [3.8, 4) is 0 Å². The average molecular weight is 604 g/mol. The number of ether oxygens (including phenoxy) is 4. The number of nitrogens with zero attached hydrogens (tertiary/aromatic N) is 1. The molecule has 4 aromatic carbocycles. The van der Waals surface area contributed by atoms with Crippen LogP contribution in [0.2, 0.25) is 0 Å². The maximum Gasteiger partial charge on any atom is 0.338 e. The molecular weight excluding hydrogens is 574 g/mol. The quantitative estimate of drug-likeness (QED) is 0.169. The first-order chi connectivity index (χ1) is 21.9. The second kappa shape index (κ2) is 13.0. The van der Waals surface area contributed by atoms with Crippen LogP contribution < -0.4 is 5.56 Å². The molecule has 9 nitrogen and oxygen atoms in total. The van der Waals surface area contributed by atoms with Gasteiger partial charge in [-0.25, -0.2) is 14.4 Å². The number of carbonyl (C=O) groups excluding carboxylic acids is 3. The minimum atomic E-state index is -1.29. The van der Waals surface area contributed by atoms with Crippen molar-refractivity contribution < 1.29 is 33.3 Å². The van der Waals surface area contributed by atoms with E-state index >= 15 is 0 Å². The SMILES string of the molecule is Cc1cccc2ccn([C@@H]3O[C@H](COC(=O)c4ccccc4)[C@H](OC(=O)c4ccccc4)[C@H]3OC(=O)c3ccccc3)c(=O)c12. The maximum absolute atomic E-state index is 13.9. The van der Waals surface area contributed by atoms with Gasteiger partial charge in [0, 0.05) is 6.20 Å². The minimum Gasteiger partial charge on any atom is -0.459 e. The predicted octanol–water partition coefficient (Wildman–Crippen LogP) is 5.52. The molecule has 0 spiro atoms. The second-order valence-electron chi connectivity index (χ2n) is 10.6. The summed E-state index contributed by atoms with van der Waals surface area (Å²) in [5, 5.41) is 1.20. The van der Waals surface area contributed by atoms with Gasteiger partial charge in [0.1, 0.15) is 12.7 Å². The third kappa shape index (κ3) is 6.25. The first-order valence-corrected chi connectivity index (χ1v) is 14.4. The molecule has 0 saturated carbocycles. The molecular formula is C36H29NO8. The number of carbonyl (C=O) groups is 3. The molecule has 0 N–H and O–H groups in total. The summed E-state index contributed by atoms with van der Waals surface area (Å²) in [6, 6.07) is 32.3. The average Bonchev–Trinajstić information content (AvgIpc) is 3.40. The van der Waals surface area contributed by atoms with Gasteiger partial charge in [0.05, 0.1) is 22.1 Å². The van der Waals surface area contributed by atoms with Gasteiger partial charge in [0.25, 0.3) is 5.56 Å². The van der Waals surface area contributed by atoms with Crippen LogP contribution in [0.4, 0.5) is 0 Å². The van der Waals surface area contributed by atoms with Crippen LogP contribution in [-0.4, -0.2) is 47.4 Å². The molecule has 1 fully saturated rings. The van der Waals surface area contributed by atoms with E-state index in [1.54, 1.807) is 103 Å². The van der Waals surface area contributed by atoms with Gasteiger partial charge in [-0.05, 0) is 60.3 Å². The van der Waals surface area contributed by atoms with Gasteiger partial charge in [-0.3, -0.25) is 9.36 Å². The van der Waals surface area contributed by atoms with E-state index in [1.807, 2.05) is 25.1 Å². The van der Waals surface area contributed by atoms with Crippen LogP contribution in [-0.2, 0) is 18.9 Å². The third-order valence-electron chi connectivity index (χ3n) is 7.62. The van der Waals surface area contributed by atoms with Gasteiger partial charge in [0.2, 0.25) is 0 Å². The highest BCUT2D eigenvalue weighted by Gasteiger charge is 2.51. The molecule has 2 heterocycles. The molecule has 0 aliphatic carbocycles. The van der Waals surface area contributed by atoms with Gasteiger partial charge in [-0.15, -0.1) is 0 Å². The number of rotatable bonds is 8. The van der Waals surface area contributed by atoms with Crippen molar-refractivity contribution in [3.05, 3.63) is 154 Å². The standard InChI is InChI=1S/C36H29NO8/c1-23-12-11-19-24-20-21-37(32(38)29(23)24)33-31(45-36(41)27-17-9-4-10-18-27)30(44-35(40)26-15-7-3-8-16-26)28(43-33)22-42-34(39)25-13-5-2-6-14-25/h2-21,28,30-31,33H,22H2,1H3/t28-,30+,31-,33-/m1/s1. The Bertz CT molecular complexity index is 1890. The number of hydrogen-bond acceptors (Lipinski definition) is 8. The third-order valence-corrected chi connectivity index (χ3v) is 7.62. The summed E-state index contributed by atoms with van der Waals surface area (Å²) in [7, 11) is 0. The Kier molecular flexibility index (Phi) is 8.52. The number of fused-ring (bicyclic) bond motifs is 1. The Labute approximate surface area is 258 Å². The number of benzene rings is 4. The van der Waals surface area contributed by atoms with E-state index in [1.165, 1.54) is 4.57 Å². The first kappa shape index (κ1) is 29.5. The van der Waals surface area contributed by atoms with Crippen molar-refractivity contribution in [2.75, 3.05) is 6.61 Å². The van der Waals surface area contributed by atoms with Crippen LogP contribution in [0.3, 0.4) is 0 Å². The lowest BCUT2D eigenvalue weighted by Gasteiger charge is -2.25. The van der Waals surface area contributed by atoms with Crippen LogP contribution >= 0.6 is 0 Å². The molecule has 4 atom stereocenters. The molecule has 9 heteroatoms. The van der Waals surface area contributed by atoms with E-state index in [0.717, 1.165) is 10.9 Å². The highest BCUT2D eigenvalue weighted by molar-refractivity contribution is 5.91.